The van der Waals surface area contributed by atoms with Crippen LogP contribution in [0.15, 0.2) is 42.5 Å². The lowest BCUT2D eigenvalue weighted by atomic mass is 9.83. The van der Waals surface area contributed by atoms with Gasteiger partial charge in [0.25, 0.3) is 11.7 Å². The Labute approximate surface area is 237 Å². The highest BCUT2D eigenvalue weighted by Crippen LogP contribution is 2.37. The highest BCUT2D eigenvalue weighted by molar-refractivity contribution is 6.46. The van der Waals surface area contributed by atoms with Crippen LogP contribution in [0.4, 0.5) is 17.2 Å². The number of rotatable bonds is 6. The van der Waals surface area contributed by atoms with Crippen molar-refractivity contribution in [3.8, 4) is 0 Å². The largest absolute Gasteiger partial charge is 0.368 e. The van der Waals surface area contributed by atoms with Gasteiger partial charge in [-0.1, -0.05) is 19.3 Å². The number of carbonyl (C=O) groups excluding carboxylic acids is 2. The summed E-state index contributed by atoms with van der Waals surface area (Å²) >= 11 is 0. The molecule has 2 fully saturated rings. The van der Waals surface area contributed by atoms with E-state index in [4.69, 9.17) is 4.98 Å². The average Bonchev–Trinajstić information content (AvgIpc) is 3.37. The second-order valence-electron chi connectivity index (χ2n) is 11.8. The average molecular weight is 540 g/mol. The van der Waals surface area contributed by atoms with Crippen molar-refractivity contribution in [1.82, 2.24) is 9.55 Å². The fourth-order valence-electron chi connectivity index (χ4n) is 6.87. The van der Waals surface area contributed by atoms with E-state index in [0.717, 1.165) is 87.6 Å². The molecule has 2 aromatic heterocycles. The van der Waals surface area contributed by atoms with Crippen LogP contribution >= 0.6 is 0 Å². The lowest BCUT2D eigenvalue weighted by Gasteiger charge is -2.37. The molecule has 40 heavy (non-hydrogen) atoms. The zero-order valence-electron chi connectivity index (χ0n) is 23.9. The Bertz CT molecular complexity index is 1360. The number of hydrogen-bond acceptors (Lipinski definition) is 5. The van der Waals surface area contributed by atoms with Crippen molar-refractivity contribution in [3.05, 3.63) is 70.7 Å². The molecule has 3 aliphatic rings. The number of aromatic nitrogens is 2. The molecule has 1 saturated heterocycles. The summed E-state index contributed by atoms with van der Waals surface area (Å²) in [5.41, 5.74) is 7.05. The first-order chi connectivity index (χ1) is 19.5. The first-order valence-electron chi connectivity index (χ1n) is 15.1. The number of nitrogens with one attached hydrogen (secondary N) is 1. The molecule has 1 N–H and O–H groups in total. The van der Waals surface area contributed by atoms with Crippen molar-refractivity contribution in [3.63, 3.8) is 0 Å². The van der Waals surface area contributed by atoms with E-state index in [2.05, 4.69) is 44.8 Å². The molecular weight excluding hydrogens is 498 g/mol. The number of hydrogen-bond donors (Lipinski definition) is 1. The van der Waals surface area contributed by atoms with Gasteiger partial charge in [-0.2, -0.15) is 0 Å². The first kappa shape index (κ1) is 26.6. The molecule has 0 atom stereocenters. The van der Waals surface area contributed by atoms with Gasteiger partial charge in [-0.3, -0.25) is 9.59 Å². The lowest BCUT2D eigenvalue weighted by Crippen LogP contribution is -2.46. The van der Waals surface area contributed by atoms with Gasteiger partial charge in [0, 0.05) is 55.5 Å². The number of benzene rings is 1. The van der Waals surface area contributed by atoms with Crippen LogP contribution in [0, 0.1) is 13.8 Å². The normalized spacial score (nSPS) is 17.9. The Morgan fingerprint density at radius 3 is 2.27 bits per heavy atom. The molecule has 0 spiro atoms. The smallest absolute Gasteiger partial charge is 0.298 e. The van der Waals surface area contributed by atoms with E-state index in [0.29, 0.717) is 17.3 Å². The molecule has 7 nitrogen and oxygen atoms in total. The molecule has 0 bridgehead atoms. The quantitative estimate of drug-likeness (QED) is 0.306. The lowest BCUT2D eigenvalue weighted by molar-refractivity contribution is -0.112. The van der Waals surface area contributed by atoms with Crippen LogP contribution in [0.25, 0.3) is 0 Å². The third kappa shape index (κ3) is 5.51. The maximum Gasteiger partial charge on any atom is 0.298 e. The summed E-state index contributed by atoms with van der Waals surface area (Å²) in [5.74, 6) is 0.514. The van der Waals surface area contributed by atoms with Gasteiger partial charge < -0.3 is 19.7 Å². The second kappa shape index (κ2) is 11.5. The molecule has 3 aromatic rings. The van der Waals surface area contributed by atoms with Crippen molar-refractivity contribution in [2.75, 3.05) is 41.3 Å². The van der Waals surface area contributed by atoms with E-state index >= 15 is 0 Å². The molecule has 4 heterocycles. The van der Waals surface area contributed by atoms with Crippen LogP contribution in [0.2, 0.25) is 0 Å². The number of piperazine rings is 1. The van der Waals surface area contributed by atoms with Gasteiger partial charge in [-0.05, 0) is 105 Å². The number of anilines is 3. The summed E-state index contributed by atoms with van der Waals surface area (Å²) in [7, 11) is 0. The molecule has 1 aromatic carbocycles. The molecule has 1 saturated carbocycles. The fraction of sp³-hybridized carbons (Fsp3) is 0.485. The Balaban J connectivity index is 1.11. The van der Waals surface area contributed by atoms with Crippen molar-refractivity contribution < 1.29 is 9.59 Å². The van der Waals surface area contributed by atoms with Crippen molar-refractivity contribution in [2.45, 2.75) is 77.7 Å². The van der Waals surface area contributed by atoms with Crippen LogP contribution in [0.1, 0.15) is 83.9 Å². The van der Waals surface area contributed by atoms with E-state index in [1.807, 2.05) is 31.2 Å². The van der Waals surface area contributed by atoms with E-state index in [-0.39, 0.29) is 0 Å². The SMILES string of the molecule is Cc1cc(C)nc(N2CCN(c3ccc(NC(=O)C(=O)c4c(C5CCCCC5)cc5n4CCCC5)cc3)CC2)c1. The predicted molar refractivity (Wildman–Crippen MR) is 161 cm³/mol. The monoisotopic (exact) mass is 539 g/mol. The zero-order chi connectivity index (χ0) is 27.6. The van der Waals surface area contributed by atoms with Gasteiger partial charge in [0.15, 0.2) is 0 Å². The third-order valence-corrected chi connectivity index (χ3v) is 8.92. The number of pyridine rings is 1. The molecule has 1 amide bonds. The van der Waals surface area contributed by atoms with Crippen molar-refractivity contribution in [1.29, 1.82) is 0 Å². The van der Waals surface area contributed by atoms with Crippen LogP contribution in [-0.2, 0) is 17.8 Å². The number of amides is 1. The summed E-state index contributed by atoms with van der Waals surface area (Å²) in [6.45, 7) is 8.62. The number of Topliss-reactive ketones (excluding diaryl/α,β-unsaturated/α-hetero) is 1. The van der Waals surface area contributed by atoms with Crippen LogP contribution in [0.3, 0.4) is 0 Å². The minimum Gasteiger partial charge on any atom is -0.368 e. The van der Waals surface area contributed by atoms with Gasteiger partial charge in [-0.25, -0.2) is 4.98 Å². The number of aryl methyl sites for hydroxylation is 3. The van der Waals surface area contributed by atoms with E-state index < -0.39 is 11.7 Å². The minimum atomic E-state index is -0.536. The first-order valence-corrected chi connectivity index (χ1v) is 15.1. The highest BCUT2D eigenvalue weighted by atomic mass is 16.2. The fourth-order valence-corrected chi connectivity index (χ4v) is 6.87. The van der Waals surface area contributed by atoms with Gasteiger partial charge in [0.2, 0.25) is 0 Å². The van der Waals surface area contributed by atoms with Gasteiger partial charge in [-0.15, -0.1) is 0 Å². The summed E-state index contributed by atoms with van der Waals surface area (Å²) in [5, 5.41) is 2.90. The molecule has 2 aliphatic heterocycles. The van der Waals surface area contributed by atoms with Gasteiger partial charge in [0.1, 0.15) is 5.82 Å². The highest BCUT2D eigenvalue weighted by Gasteiger charge is 2.31. The standard InChI is InChI=1S/C33H41N5O2/c1-23-20-24(2)34-30(21-23)37-18-16-36(17-19-37)27-13-11-26(12-14-27)35-33(40)32(39)31-29(25-8-4-3-5-9-25)22-28-10-6-7-15-38(28)31/h11-14,20-22,25H,3-10,15-19H2,1-2H3,(H,35,40). The topological polar surface area (TPSA) is 70.5 Å². The minimum absolute atomic E-state index is 0.393. The molecular formula is C33H41N5O2. The van der Waals surface area contributed by atoms with Crippen LogP contribution in [-0.4, -0.2) is 47.4 Å². The molecule has 0 radical (unpaired) electrons. The van der Waals surface area contributed by atoms with E-state index in [9.17, 15) is 9.59 Å². The van der Waals surface area contributed by atoms with Crippen molar-refractivity contribution in [2.24, 2.45) is 0 Å². The van der Waals surface area contributed by atoms with Crippen LogP contribution < -0.4 is 15.1 Å². The summed E-state index contributed by atoms with van der Waals surface area (Å²) in [4.78, 5) is 36.3. The molecule has 7 heteroatoms. The van der Waals surface area contributed by atoms with Gasteiger partial charge >= 0.3 is 0 Å². The molecule has 1 aliphatic carbocycles. The summed E-state index contributed by atoms with van der Waals surface area (Å²) < 4.78 is 2.14. The predicted octanol–water partition coefficient (Wildman–Crippen LogP) is 6.03. The van der Waals surface area contributed by atoms with E-state index in [1.165, 1.54) is 30.5 Å². The van der Waals surface area contributed by atoms with Crippen LogP contribution in [0.5, 0.6) is 0 Å². The Kier molecular flexibility index (Phi) is 7.63. The van der Waals surface area contributed by atoms with Crippen molar-refractivity contribution >= 4 is 28.9 Å². The third-order valence-electron chi connectivity index (χ3n) is 8.92. The number of nitrogens with zero attached hydrogens (tertiary/aromatic N) is 4. The summed E-state index contributed by atoms with van der Waals surface area (Å²) in [6.07, 6.45) is 9.10. The Morgan fingerprint density at radius 2 is 1.55 bits per heavy atom. The molecule has 210 valence electrons. The zero-order valence-corrected chi connectivity index (χ0v) is 23.9. The molecule has 6 rings (SSSR count). The number of carbonyl (C=O) groups is 2. The number of fused-ring (bicyclic) bond motifs is 1. The maximum absolute atomic E-state index is 13.6. The number of ketones is 1. The van der Waals surface area contributed by atoms with E-state index in [1.54, 1.807) is 0 Å². The Morgan fingerprint density at radius 1 is 0.825 bits per heavy atom. The summed E-state index contributed by atoms with van der Waals surface area (Å²) in [6, 6.07) is 14.4. The second-order valence-corrected chi connectivity index (χ2v) is 11.8. The molecule has 0 unspecified atom stereocenters. The Hall–Kier alpha value is -3.61. The maximum atomic E-state index is 13.6. The van der Waals surface area contributed by atoms with Gasteiger partial charge in [0.05, 0.1) is 5.69 Å².